The summed E-state index contributed by atoms with van der Waals surface area (Å²) in [5.41, 5.74) is -4.20. The molecule has 1 N–H and O–H groups in total. The van der Waals surface area contributed by atoms with Gasteiger partial charge in [0.2, 0.25) is 0 Å². The van der Waals surface area contributed by atoms with Crippen molar-refractivity contribution in [2.75, 3.05) is 34.2 Å². The second-order valence-corrected chi connectivity index (χ2v) is 10.6. The molecule has 2 aromatic rings. The maximum atomic E-state index is 13.2. The molecular weight excluding hydrogens is 564 g/mol. The van der Waals surface area contributed by atoms with Gasteiger partial charge in [-0.1, -0.05) is 18.2 Å². The van der Waals surface area contributed by atoms with Crippen molar-refractivity contribution in [3.63, 3.8) is 0 Å². The highest BCUT2D eigenvalue weighted by Crippen LogP contribution is 2.43. The van der Waals surface area contributed by atoms with Gasteiger partial charge in [-0.15, -0.1) is 0 Å². The molecule has 41 heavy (non-hydrogen) atoms. The maximum absolute atomic E-state index is 13.2. The van der Waals surface area contributed by atoms with Gasteiger partial charge in [0.25, 0.3) is 11.2 Å². The van der Waals surface area contributed by atoms with E-state index in [1.807, 2.05) is 0 Å². The van der Waals surface area contributed by atoms with Crippen LogP contribution in [0, 0.1) is 20.2 Å². The fraction of sp³-hybridized carbons (Fsp3) is 0.269. The smallest absolute Gasteiger partial charge is 0.332 e. The molecule has 3 rings (SSSR count). The van der Waals surface area contributed by atoms with Crippen LogP contribution in [0.25, 0.3) is 6.08 Å². The Bertz CT molecular complexity index is 1520. The summed E-state index contributed by atoms with van der Waals surface area (Å²) in [6.45, 7) is 0. The first-order valence-corrected chi connectivity index (χ1v) is 13.4. The van der Waals surface area contributed by atoms with E-state index in [0.717, 1.165) is 6.08 Å². The fourth-order valence-electron chi connectivity index (χ4n) is 4.45. The van der Waals surface area contributed by atoms with Crippen molar-refractivity contribution in [3.8, 4) is 23.0 Å². The summed E-state index contributed by atoms with van der Waals surface area (Å²) in [7, 11) is 0.786. The molecule has 0 saturated carbocycles. The third-order valence-electron chi connectivity index (χ3n) is 6.29. The number of benzene rings is 2. The number of hydrogen-bond acceptors (Lipinski definition) is 11. The zero-order valence-electron chi connectivity index (χ0n) is 22.3. The normalized spacial score (nSPS) is 18.7. The van der Waals surface area contributed by atoms with Crippen molar-refractivity contribution in [1.82, 2.24) is 0 Å². The minimum absolute atomic E-state index is 0.0602. The van der Waals surface area contributed by atoms with Gasteiger partial charge >= 0.3 is 5.97 Å². The molecule has 1 aliphatic carbocycles. The summed E-state index contributed by atoms with van der Waals surface area (Å²) in [4.78, 5) is 34.7. The number of methoxy groups -OCH3 is 4. The van der Waals surface area contributed by atoms with Crippen molar-refractivity contribution >= 4 is 21.9 Å². The second kappa shape index (κ2) is 12.1. The van der Waals surface area contributed by atoms with Gasteiger partial charge in [0.1, 0.15) is 34.7 Å². The number of ether oxygens (including phenoxy) is 4. The van der Waals surface area contributed by atoms with Crippen LogP contribution in [0.5, 0.6) is 23.0 Å². The Labute approximate surface area is 234 Å². The molecule has 15 heteroatoms. The van der Waals surface area contributed by atoms with Gasteiger partial charge in [-0.05, 0) is 12.1 Å². The lowest BCUT2D eigenvalue weighted by atomic mass is 9.78. The Balaban J connectivity index is 2.17. The van der Waals surface area contributed by atoms with E-state index in [-0.39, 0.29) is 28.4 Å². The Morgan fingerprint density at radius 3 is 2.05 bits per heavy atom. The summed E-state index contributed by atoms with van der Waals surface area (Å²) in [6, 6.07) is 8.78. The zero-order valence-corrected chi connectivity index (χ0v) is 23.1. The summed E-state index contributed by atoms with van der Waals surface area (Å²) >= 11 is 0. The van der Waals surface area contributed by atoms with E-state index in [1.165, 1.54) is 58.8 Å². The predicted octanol–water partition coefficient (Wildman–Crippen LogP) is 3.09. The fourth-order valence-corrected chi connectivity index (χ4v) is 5.80. The number of carbonyl (C=O) groups is 1. The molecule has 0 fully saturated rings. The highest BCUT2D eigenvalue weighted by Gasteiger charge is 2.53. The van der Waals surface area contributed by atoms with E-state index < -0.39 is 54.1 Å². The monoisotopic (exact) mass is 590 g/mol. The molecule has 0 radical (unpaired) electrons. The van der Waals surface area contributed by atoms with Gasteiger partial charge in [0.15, 0.2) is 9.84 Å². The number of nitro groups is 2. The van der Waals surface area contributed by atoms with Crippen LogP contribution in [0.2, 0.25) is 0 Å². The standard InChI is InChI=1S/C26H26N2O12S/c1-37-16-11-22(39-3)17(23(12-16)40-4)9-10-41(35,36)15-26(28(33)34)13-19(25(29)30)24(20(14-26)27(31)32)18-7-5-6-8-21(18)38-2/h5-14,24H,15H2,1-4H3,(H,29,30)/b10-9+. The highest BCUT2D eigenvalue weighted by molar-refractivity contribution is 7.94. The zero-order chi connectivity index (χ0) is 30.5. The number of rotatable bonds is 12. The number of nitrogens with zero attached hydrogens (tertiary/aromatic N) is 2. The lowest BCUT2D eigenvalue weighted by Crippen LogP contribution is -2.45. The van der Waals surface area contributed by atoms with Crippen molar-refractivity contribution in [3.05, 3.63) is 96.6 Å². The van der Waals surface area contributed by atoms with E-state index in [2.05, 4.69) is 0 Å². The molecule has 2 unspecified atom stereocenters. The molecule has 0 heterocycles. The van der Waals surface area contributed by atoms with Crippen molar-refractivity contribution < 1.29 is 47.1 Å². The molecular formula is C26H26N2O12S. The first-order chi connectivity index (χ1) is 19.3. The first kappa shape index (κ1) is 30.6. The van der Waals surface area contributed by atoms with Gasteiger partial charge in [-0.2, -0.15) is 0 Å². The quantitative estimate of drug-likeness (QED) is 0.281. The number of carboxylic acids is 1. The van der Waals surface area contributed by atoms with Gasteiger partial charge in [-0.3, -0.25) is 20.2 Å². The molecule has 2 atom stereocenters. The number of hydrogen-bond donors (Lipinski definition) is 1. The van der Waals surface area contributed by atoms with Crippen LogP contribution in [0.15, 0.2) is 65.2 Å². The highest BCUT2D eigenvalue weighted by atomic mass is 32.2. The molecule has 2 aromatic carbocycles. The Hall–Kier alpha value is -4.92. The minimum atomic E-state index is -4.54. The number of sulfone groups is 1. The Kier molecular flexibility index (Phi) is 9.02. The summed E-state index contributed by atoms with van der Waals surface area (Å²) in [5, 5.41) is 35.1. The van der Waals surface area contributed by atoms with E-state index in [0.29, 0.717) is 23.3 Å². The maximum Gasteiger partial charge on any atom is 0.332 e. The molecule has 1 aliphatic rings. The molecule has 0 spiro atoms. The third kappa shape index (κ3) is 6.30. The summed E-state index contributed by atoms with van der Waals surface area (Å²) in [6.07, 6.45) is 2.27. The average molecular weight is 591 g/mol. The lowest BCUT2D eigenvalue weighted by Gasteiger charge is -2.27. The number of aliphatic carboxylic acids is 1. The molecule has 0 aromatic heterocycles. The van der Waals surface area contributed by atoms with E-state index in [1.54, 1.807) is 6.07 Å². The third-order valence-corrected chi connectivity index (χ3v) is 7.70. The van der Waals surface area contributed by atoms with Gasteiger partial charge in [0, 0.05) is 34.1 Å². The second-order valence-electron chi connectivity index (χ2n) is 8.71. The van der Waals surface area contributed by atoms with Crippen LogP contribution in [0.3, 0.4) is 0 Å². The molecule has 0 saturated heterocycles. The number of carboxylic acid groups (broad SMARTS) is 1. The van der Waals surface area contributed by atoms with Crippen molar-refractivity contribution in [2.24, 2.45) is 0 Å². The number of para-hydroxylation sites is 1. The largest absolute Gasteiger partial charge is 0.496 e. The topological polar surface area (TPSA) is 195 Å². The Morgan fingerprint density at radius 1 is 0.976 bits per heavy atom. The van der Waals surface area contributed by atoms with Gasteiger partial charge in [-0.25, -0.2) is 13.2 Å². The van der Waals surface area contributed by atoms with Crippen LogP contribution < -0.4 is 18.9 Å². The Morgan fingerprint density at radius 2 is 1.56 bits per heavy atom. The molecule has 14 nitrogen and oxygen atoms in total. The molecule has 0 amide bonds. The van der Waals surface area contributed by atoms with Crippen LogP contribution in [0.1, 0.15) is 17.0 Å². The lowest BCUT2D eigenvalue weighted by molar-refractivity contribution is -0.537. The molecule has 0 aliphatic heterocycles. The van der Waals surface area contributed by atoms with E-state index in [4.69, 9.17) is 18.9 Å². The van der Waals surface area contributed by atoms with Crippen LogP contribution in [-0.2, 0) is 14.6 Å². The van der Waals surface area contributed by atoms with Crippen LogP contribution in [-0.4, -0.2) is 69.1 Å². The molecule has 0 bridgehead atoms. The van der Waals surface area contributed by atoms with Gasteiger partial charge < -0.3 is 24.1 Å². The van der Waals surface area contributed by atoms with E-state index in [9.17, 15) is 38.5 Å². The predicted molar refractivity (Wildman–Crippen MR) is 145 cm³/mol. The average Bonchev–Trinajstić information content (AvgIpc) is 2.94. The van der Waals surface area contributed by atoms with E-state index >= 15 is 0 Å². The van der Waals surface area contributed by atoms with Crippen LogP contribution in [0.4, 0.5) is 0 Å². The van der Waals surface area contributed by atoms with Gasteiger partial charge in [0.05, 0.1) is 50.6 Å². The minimum Gasteiger partial charge on any atom is -0.496 e. The van der Waals surface area contributed by atoms with Crippen molar-refractivity contribution in [1.29, 1.82) is 0 Å². The van der Waals surface area contributed by atoms with Crippen molar-refractivity contribution in [2.45, 2.75) is 11.5 Å². The first-order valence-electron chi connectivity index (χ1n) is 11.6. The summed E-state index contributed by atoms with van der Waals surface area (Å²) < 4.78 is 47.4. The summed E-state index contributed by atoms with van der Waals surface area (Å²) in [5.74, 6) is -3.84. The van der Waals surface area contributed by atoms with Crippen LogP contribution >= 0.6 is 0 Å². The molecule has 218 valence electrons. The SMILES string of the molecule is COc1cc(OC)c(/C=C/S(=O)(=O)CC2([N+](=O)[O-])C=C(C(=O)O)C(c3ccccc3OC)C([N+](=O)[O-])=C2)c(OC)c1. The number of allylic oxidation sites excluding steroid dienone is 1.